The van der Waals surface area contributed by atoms with Crippen molar-refractivity contribution >= 4 is 17.2 Å². The van der Waals surface area contributed by atoms with Gasteiger partial charge >= 0.3 is 5.69 Å². The number of rotatable bonds is 3. The number of nitrogens with one attached hydrogen (secondary N) is 2. The van der Waals surface area contributed by atoms with Gasteiger partial charge in [-0.15, -0.1) is 5.10 Å². The van der Waals surface area contributed by atoms with Gasteiger partial charge in [-0.2, -0.15) is 9.61 Å². The summed E-state index contributed by atoms with van der Waals surface area (Å²) in [6.07, 6.45) is 0. The van der Waals surface area contributed by atoms with Crippen LogP contribution in [-0.2, 0) is 6.54 Å². The minimum absolute atomic E-state index is 0.147. The average Bonchev–Trinajstić information content (AvgIpc) is 2.81. The first-order valence-electron chi connectivity index (χ1n) is 5.89. The molecule has 1 aromatic carbocycles. The second-order valence-corrected chi connectivity index (χ2v) is 4.26. The number of aromatic hydroxyl groups is 1. The molecule has 3 rings (SSSR count). The van der Waals surface area contributed by atoms with Gasteiger partial charge in [0.05, 0.1) is 0 Å². The van der Waals surface area contributed by atoms with Crippen LogP contribution in [0.5, 0.6) is 5.75 Å². The van der Waals surface area contributed by atoms with Crippen molar-refractivity contribution in [3.63, 3.8) is 0 Å². The van der Waals surface area contributed by atoms with E-state index in [1.165, 1.54) is 6.07 Å². The van der Waals surface area contributed by atoms with Crippen molar-refractivity contribution in [2.75, 3.05) is 11.1 Å². The molecule has 0 saturated carbocycles. The number of phenolic OH excluding ortho intramolecular Hbond substituents is 1. The summed E-state index contributed by atoms with van der Waals surface area (Å²) in [6, 6.07) is 8.17. The zero-order valence-corrected chi connectivity index (χ0v) is 10.4. The summed E-state index contributed by atoms with van der Waals surface area (Å²) in [5, 5.41) is 22.9. The van der Waals surface area contributed by atoms with E-state index in [1.54, 1.807) is 24.3 Å². The smallest absolute Gasteiger partial charge is 0.364 e. The molecule has 0 fully saturated rings. The van der Waals surface area contributed by atoms with E-state index in [0.29, 0.717) is 29.3 Å². The summed E-state index contributed by atoms with van der Waals surface area (Å²) >= 11 is 0. The molecule has 0 bridgehead atoms. The van der Waals surface area contributed by atoms with E-state index in [0.717, 1.165) is 4.52 Å². The Morgan fingerprint density at radius 3 is 3.05 bits per heavy atom. The van der Waals surface area contributed by atoms with Crippen molar-refractivity contribution in [3.8, 4) is 5.75 Å². The van der Waals surface area contributed by atoms with Crippen molar-refractivity contribution < 1.29 is 5.11 Å². The number of benzene rings is 1. The van der Waals surface area contributed by atoms with Gasteiger partial charge in [-0.1, -0.05) is 0 Å². The van der Waals surface area contributed by atoms with Gasteiger partial charge in [-0.05, 0) is 30.3 Å². The Kier molecular flexibility index (Phi) is 2.75. The SMILES string of the molecule is Nc1ccc(O)c(CNc2ccc3n[nH]c(=O)n3n2)c1. The molecule has 0 aliphatic heterocycles. The van der Waals surface area contributed by atoms with Crippen LogP contribution >= 0.6 is 0 Å². The minimum atomic E-state index is -0.407. The van der Waals surface area contributed by atoms with Crippen molar-refractivity contribution in [2.24, 2.45) is 0 Å². The van der Waals surface area contributed by atoms with Crippen LogP contribution in [0, 0.1) is 0 Å². The molecule has 5 N–H and O–H groups in total. The Morgan fingerprint density at radius 2 is 2.20 bits per heavy atom. The normalized spacial score (nSPS) is 10.8. The highest BCUT2D eigenvalue weighted by atomic mass is 16.3. The number of nitrogen functional groups attached to an aromatic ring is 1. The lowest BCUT2D eigenvalue weighted by molar-refractivity contribution is 0.469. The highest BCUT2D eigenvalue weighted by molar-refractivity contribution is 5.49. The predicted octanol–water partition coefficient (Wildman–Crippen LogP) is 0.317. The van der Waals surface area contributed by atoms with E-state index in [2.05, 4.69) is 20.6 Å². The number of hydrogen-bond acceptors (Lipinski definition) is 6. The number of hydrogen-bond donors (Lipinski definition) is 4. The number of nitrogens with two attached hydrogens (primary N) is 1. The van der Waals surface area contributed by atoms with E-state index < -0.39 is 5.69 Å². The monoisotopic (exact) mass is 272 g/mol. The Hall–Kier alpha value is -3.03. The van der Waals surface area contributed by atoms with Crippen LogP contribution in [0.1, 0.15) is 5.56 Å². The predicted molar refractivity (Wildman–Crippen MR) is 73.5 cm³/mol. The lowest BCUT2D eigenvalue weighted by atomic mass is 10.2. The third-order valence-corrected chi connectivity index (χ3v) is 2.84. The average molecular weight is 272 g/mol. The van der Waals surface area contributed by atoms with Gasteiger partial charge in [0.1, 0.15) is 11.6 Å². The molecule has 102 valence electrons. The maximum absolute atomic E-state index is 11.4. The molecule has 0 saturated heterocycles. The fourth-order valence-electron chi connectivity index (χ4n) is 1.83. The Balaban J connectivity index is 1.84. The first-order valence-corrected chi connectivity index (χ1v) is 5.89. The lowest BCUT2D eigenvalue weighted by Gasteiger charge is -2.08. The number of nitrogens with zero attached hydrogens (tertiary/aromatic N) is 3. The molecular weight excluding hydrogens is 260 g/mol. The zero-order chi connectivity index (χ0) is 14.1. The van der Waals surface area contributed by atoms with Gasteiger partial charge in [0.25, 0.3) is 0 Å². The van der Waals surface area contributed by atoms with Gasteiger partial charge in [0, 0.05) is 17.8 Å². The molecule has 0 aliphatic rings. The zero-order valence-electron chi connectivity index (χ0n) is 10.4. The molecule has 0 unspecified atom stereocenters. The number of anilines is 2. The number of H-pyrrole nitrogens is 1. The number of aromatic amines is 1. The summed E-state index contributed by atoms with van der Waals surface area (Å²) in [5.74, 6) is 0.635. The molecule has 8 heteroatoms. The Labute approximate surface area is 112 Å². The summed E-state index contributed by atoms with van der Waals surface area (Å²) in [6.45, 7) is 0.335. The Bertz CT molecular complexity index is 822. The highest BCUT2D eigenvalue weighted by Gasteiger charge is 2.05. The lowest BCUT2D eigenvalue weighted by Crippen LogP contribution is -2.14. The summed E-state index contributed by atoms with van der Waals surface area (Å²) in [4.78, 5) is 11.4. The van der Waals surface area contributed by atoms with Crippen LogP contribution < -0.4 is 16.7 Å². The topological polar surface area (TPSA) is 121 Å². The van der Waals surface area contributed by atoms with E-state index in [1.807, 2.05) is 0 Å². The summed E-state index contributed by atoms with van der Waals surface area (Å²) in [7, 11) is 0. The largest absolute Gasteiger partial charge is 0.508 e. The molecule has 0 radical (unpaired) electrons. The first-order chi connectivity index (χ1) is 9.63. The van der Waals surface area contributed by atoms with Crippen LogP contribution in [-0.4, -0.2) is 24.9 Å². The van der Waals surface area contributed by atoms with Crippen molar-refractivity contribution in [2.45, 2.75) is 6.54 Å². The number of fused-ring (bicyclic) bond motifs is 1. The van der Waals surface area contributed by atoms with Gasteiger partial charge in [-0.25, -0.2) is 9.89 Å². The third kappa shape index (κ3) is 2.14. The highest BCUT2D eigenvalue weighted by Crippen LogP contribution is 2.20. The van der Waals surface area contributed by atoms with Crippen LogP contribution in [0.15, 0.2) is 35.1 Å². The third-order valence-electron chi connectivity index (χ3n) is 2.84. The van der Waals surface area contributed by atoms with Crippen molar-refractivity contribution in [1.82, 2.24) is 19.8 Å². The van der Waals surface area contributed by atoms with Crippen LogP contribution in [0.25, 0.3) is 5.65 Å². The summed E-state index contributed by atoms with van der Waals surface area (Å²) in [5.41, 5.74) is 6.90. The summed E-state index contributed by atoms with van der Waals surface area (Å²) < 4.78 is 1.15. The molecule has 0 spiro atoms. The van der Waals surface area contributed by atoms with Crippen molar-refractivity contribution in [1.29, 1.82) is 0 Å². The standard InChI is InChI=1S/C12H12N6O2/c13-8-1-2-9(19)7(5-8)6-14-10-3-4-11-15-16-12(20)18(11)17-10/h1-5,19H,6,13H2,(H,14,17)(H,16,20). The fraction of sp³-hybridized carbons (Fsp3) is 0.0833. The van der Waals surface area contributed by atoms with Crippen LogP contribution in [0.2, 0.25) is 0 Å². The fourth-order valence-corrected chi connectivity index (χ4v) is 1.83. The first kappa shape index (κ1) is 12.0. The van der Waals surface area contributed by atoms with Crippen molar-refractivity contribution in [3.05, 3.63) is 46.4 Å². The molecule has 0 amide bonds. The second-order valence-electron chi connectivity index (χ2n) is 4.26. The Morgan fingerprint density at radius 1 is 1.35 bits per heavy atom. The maximum atomic E-state index is 11.4. The van der Waals surface area contributed by atoms with Gasteiger partial charge in [0.2, 0.25) is 0 Å². The number of phenols is 1. The van der Waals surface area contributed by atoms with E-state index in [4.69, 9.17) is 5.73 Å². The molecule has 0 aliphatic carbocycles. The van der Waals surface area contributed by atoms with Gasteiger partial charge in [-0.3, -0.25) is 0 Å². The molecule has 8 nitrogen and oxygen atoms in total. The van der Waals surface area contributed by atoms with E-state index >= 15 is 0 Å². The van der Waals surface area contributed by atoms with E-state index in [-0.39, 0.29) is 5.75 Å². The minimum Gasteiger partial charge on any atom is -0.508 e. The maximum Gasteiger partial charge on any atom is 0.364 e. The van der Waals surface area contributed by atoms with E-state index in [9.17, 15) is 9.90 Å². The van der Waals surface area contributed by atoms with Crippen LogP contribution in [0.4, 0.5) is 11.5 Å². The second kappa shape index (κ2) is 4.57. The molecular formula is C12H12N6O2. The quantitative estimate of drug-likeness (QED) is 0.402. The van der Waals surface area contributed by atoms with Crippen LogP contribution in [0.3, 0.4) is 0 Å². The molecule has 2 heterocycles. The molecule has 2 aromatic heterocycles. The number of aromatic nitrogens is 4. The molecule has 20 heavy (non-hydrogen) atoms. The molecule has 0 atom stereocenters. The van der Waals surface area contributed by atoms with Gasteiger partial charge in [0.15, 0.2) is 5.65 Å². The van der Waals surface area contributed by atoms with Gasteiger partial charge < -0.3 is 16.2 Å². The molecule has 3 aromatic rings.